The van der Waals surface area contributed by atoms with Gasteiger partial charge in [0.15, 0.2) is 0 Å². The van der Waals surface area contributed by atoms with E-state index in [0.717, 1.165) is 6.07 Å². The molecule has 0 radical (unpaired) electrons. The van der Waals surface area contributed by atoms with Crippen molar-refractivity contribution in [3.63, 3.8) is 0 Å². The van der Waals surface area contributed by atoms with Crippen LogP contribution in [0.3, 0.4) is 0 Å². The molecule has 0 aromatic heterocycles. The fourth-order valence-corrected chi connectivity index (χ4v) is 3.27. The van der Waals surface area contributed by atoms with Gasteiger partial charge in [0.1, 0.15) is 0 Å². The first-order valence-electron chi connectivity index (χ1n) is 6.97. The molecule has 0 saturated heterocycles. The summed E-state index contributed by atoms with van der Waals surface area (Å²) in [4.78, 5) is 11.6. The quantitative estimate of drug-likeness (QED) is 0.899. The fraction of sp³-hybridized carbons (Fsp3) is 0.235. The van der Waals surface area contributed by atoms with E-state index in [2.05, 4.69) is 0 Å². The summed E-state index contributed by atoms with van der Waals surface area (Å²) in [5.74, 6) is -0.781. The van der Waals surface area contributed by atoms with Gasteiger partial charge in [-0.05, 0) is 41.7 Å². The lowest BCUT2D eigenvalue weighted by Crippen LogP contribution is -2.15. The largest absolute Gasteiger partial charge is 0.416 e. The Balaban J connectivity index is 2.12. The number of carbonyl (C=O) groups is 1. The Kier molecular flexibility index (Phi) is 3.43. The summed E-state index contributed by atoms with van der Waals surface area (Å²) >= 11 is 0. The van der Waals surface area contributed by atoms with Crippen molar-refractivity contribution in [1.29, 1.82) is 0 Å². The van der Waals surface area contributed by atoms with Crippen LogP contribution < -0.4 is 5.73 Å². The molecule has 2 aromatic rings. The highest BCUT2D eigenvalue weighted by molar-refractivity contribution is 5.94. The number of amides is 1. The molecule has 0 saturated carbocycles. The van der Waals surface area contributed by atoms with Crippen LogP contribution in [0.25, 0.3) is 0 Å². The molecule has 0 bridgehead atoms. The van der Waals surface area contributed by atoms with E-state index in [1.165, 1.54) is 6.07 Å². The minimum atomic E-state index is -4.36. The Morgan fingerprint density at radius 3 is 2.41 bits per heavy atom. The van der Waals surface area contributed by atoms with Gasteiger partial charge in [0.2, 0.25) is 5.91 Å². The van der Waals surface area contributed by atoms with Crippen molar-refractivity contribution >= 4 is 5.91 Å². The molecule has 1 atom stereocenters. The normalized spacial score (nSPS) is 17.3. The van der Waals surface area contributed by atoms with Crippen LogP contribution in [0.1, 0.15) is 45.0 Å². The topological polar surface area (TPSA) is 43.1 Å². The smallest absolute Gasteiger partial charge is 0.366 e. The molecule has 1 aliphatic carbocycles. The highest BCUT2D eigenvalue weighted by Gasteiger charge is 2.37. The second-order valence-corrected chi connectivity index (χ2v) is 5.41. The Morgan fingerprint density at radius 2 is 1.73 bits per heavy atom. The first-order valence-corrected chi connectivity index (χ1v) is 6.97. The zero-order valence-corrected chi connectivity index (χ0v) is 11.7. The summed E-state index contributed by atoms with van der Waals surface area (Å²) in [6.45, 7) is 0. The van der Waals surface area contributed by atoms with E-state index in [1.54, 1.807) is 30.3 Å². The average Bonchev–Trinajstić information content (AvgIpc) is 2.89. The van der Waals surface area contributed by atoms with Gasteiger partial charge < -0.3 is 5.73 Å². The molecule has 22 heavy (non-hydrogen) atoms. The molecule has 0 unspecified atom stereocenters. The molecule has 0 heterocycles. The molecule has 3 rings (SSSR count). The Bertz CT molecular complexity index is 737. The lowest BCUT2D eigenvalue weighted by molar-refractivity contribution is -0.138. The molecule has 2 aromatic carbocycles. The lowest BCUT2D eigenvalue weighted by atomic mass is 9.88. The monoisotopic (exact) mass is 305 g/mol. The van der Waals surface area contributed by atoms with Gasteiger partial charge in [-0.1, -0.05) is 30.3 Å². The third kappa shape index (κ3) is 2.36. The van der Waals surface area contributed by atoms with Crippen LogP contribution in [0.5, 0.6) is 0 Å². The van der Waals surface area contributed by atoms with Gasteiger partial charge in [0.25, 0.3) is 0 Å². The molecule has 2 N–H and O–H groups in total. The zero-order chi connectivity index (χ0) is 15.9. The molecule has 1 amide bonds. The third-order valence-corrected chi connectivity index (χ3v) is 4.18. The summed E-state index contributed by atoms with van der Waals surface area (Å²) in [5, 5.41) is 0. The van der Waals surface area contributed by atoms with E-state index in [-0.39, 0.29) is 5.92 Å². The van der Waals surface area contributed by atoms with Crippen LogP contribution >= 0.6 is 0 Å². The van der Waals surface area contributed by atoms with Crippen LogP contribution in [0.2, 0.25) is 0 Å². The molecule has 0 fully saturated rings. The second kappa shape index (κ2) is 5.16. The van der Waals surface area contributed by atoms with E-state index in [9.17, 15) is 18.0 Å². The van der Waals surface area contributed by atoms with Gasteiger partial charge in [0.05, 0.1) is 5.56 Å². The van der Waals surface area contributed by atoms with Gasteiger partial charge in [-0.3, -0.25) is 4.79 Å². The van der Waals surface area contributed by atoms with Crippen molar-refractivity contribution in [2.24, 2.45) is 5.73 Å². The maximum Gasteiger partial charge on any atom is 0.416 e. The first-order chi connectivity index (χ1) is 10.4. The molecule has 2 nitrogen and oxygen atoms in total. The zero-order valence-electron chi connectivity index (χ0n) is 11.7. The maximum absolute atomic E-state index is 13.1. The van der Waals surface area contributed by atoms with Crippen LogP contribution in [-0.4, -0.2) is 5.91 Å². The minimum Gasteiger partial charge on any atom is -0.366 e. The van der Waals surface area contributed by atoms with Crippen LogP contribution in [0, 0.1) is 0 Å². The van der Waals surface area contributed by atoms with Crippen molar-refractivity contribution in [1.82, 2.24) is 0 Å². The minimum absolute atomic E-state index is 0.221. The van der Waals surface area contributed by atoms with E-state index in [4.69, 9.17) is 5.73 Å². The standard InChI is InChI=1S/C17H14F3NO/c18-17(19,20)15-7-3-6-10-12(8-9-13(10)15)11-4-1-2-5-14(11)16(21)22/h1-7,12H,8-9H2,(H2,21,22)/t12-/m1/s1. The molecule has 0 spiro atoms. The average molecular weight is 305 g/mol. The number of carbonyl (C=O) groups excluding carboxylic acids is 1. The number of benzene rings is 2. The molecule has 1 aliphatic rings. The summed E-state index contributed by atoms with van der Waals surface area (Å²) in [5.41, 5.74) is 6.85. The van der Waals surface area contributed by atoms with Crippen LogP contribution in [-0.2, 0) is 12.6 Å². The number of halogens is 3. The highest BCUT2D eigenvalue weighted by atomic mass is 19.4. The van der Waals surface area contributed by atoms with Gasteiger partial charge >= 0.3 is 6.18 Å². The predicted molar refractivity (Wildman–Crippen MR) is 76.6 cm³/mol. The fourth-order valence-electron chi connectivity index (χ4n) is 3.27. The number of fused-ring (bicyclic) bond motifs is 1. The van der Waals surface area contributed by atoms with E-state index in [0.29, 0.717) is 35.1 Å². The SMILES string of the molecule is NC(=O)c1ccccc1[C@@H]1CCc2c1cccc2C(F)(F)F. The van der Waals surface area contributed by atoms with Crippen molar-refractivity contribution in [2.75, 3.05) is 0 Å². The second-order valence-electron chi connectivity index (χ2n) is 5.41. The lowest BCUT2D eigenvalue weighted by Gasteiger charge is -2.17. The Labute approximate surface area is 125 Å². The van der Waals surface area contributed by atoms with Crippen molar-refractivity contribution in [3.05, 3.63) is 70.3 Å². The van der Waals surface area contributed by atoms with Crippen LogP contribution in [0.4, 0.5) is 13.2 Å². The Morgan fingerprint density at radius 1 is 1.05 bits per heavy atom. The summed E-state index contributed by atoms with van der Waals surface area (Å²) < 4.78 is 39.3. The number of primary amides is 1. The molecular formula is C17H14F3NO. The van der Waals surface area contributed by atoms with Crippen LogP contribution in [0.15, 0.2) is 42.5 Å². The van der Waals surface area contributed by atoms with E-state index >= 15 is 0 Å². The van der Waals surface area contributed by atoms with Crippen molar-refractivity contribution in [3.8, 4) is 0 Å². The van der Waals surface area contributed by atoms with Gasteiger partial charge in [0, 0.05) is 11.5 Å². The van der Waals surface area contributed by atoms with Gasteiger partial charge in [-0.2, -0.15) is 13.2 Å². The molecule has 0 aliphatic heterocycles. The van der Waals surface area contributed by atoms with E-state index < -0.39 is 17.6 Å². The van der Waals surface area contributed by atoms with Gasteiger partial charge in [-0.15, -0.1) is 0 Å². The van der Waals surface area contributed by atoms with Crippen molar-refractivity contribution < 1.29 is 18.0 Å². The molecular weight excluding hydrogens is 291 g/mol. The number of alkyl halides is 3. The Hall–Kier alpha value is -2.30. The first kappa shape index (κ1) is 14.6. The van der Waals surface area contributed by atoms with E-state index in [1.807, 2.05) is 0 Å². The summed E-state index contributed by atoms with van der Waals surface area (Å²) in [6.07, 6.45) is -3.46. The molecule has 114 valence electrons. The summed E-state index contributed by atoms with van der Waals surface area (Å²) in [7, 11) is 0. The number of nitrogens with two attached hydrogens (primary N) is 1. The van der Waals surface area contributed by atoms with Crippen molar-refractivity contribution in [2.45, 2.75) is 24.9 Å². The number of hydrogen-bond donors (Lipinski definition) is 1. The highest BCUT2D eigenvalue weighted by Crippen LogP contribution is 2.44. The summed E-state index contributed by atoms with van der Waals surface area (Å²) in [6, 6.07) is 11.1. The van der Waals surface area contributed by atoms with Gasteiger partial charge in [-0.25, -0.2) is 0 Å². The maximum atomic E-state index is 13.1. The predicted octanol–water partition coefficient (Wildman–Crippen LogP) is 3.88. The number of hydrogen-bond acceptors (Lipinski definition) is 1. The molecule has 5 heteroatoms. The third-order valence-electron chi connectivity index (χ3n) is 4.18. The number of rotatable bonds is 2.